The number of methoxy groups -OCH3 is 1. The van der Waals surface area contributed by atoms with E-state index in [9.17, 15) is 0 Å². The van der Waals surface area contributed by atoms with Gasteiger partial charge in [-0.05, 0) is 37.8 Å². The Bertz CT molecular complexity index is 422. The first-order valence-electron chi connectivity index (χ1n) is 8.37. The zero-order chi connectivity index (χ0) is 16.9. The average molecular weight is 341 g/mol. The second-order valence-electron chi connectivity index (χ2n) is 5.83. The van der Waals surface area contributed by atoms with Crippen molar-refractivity contribution in [2.45, 2.75) is 20.3 Å². The molecule has 0 saturated carbocycles. The number of aliphatic imine (C=N–C) groups is 1. The van der Waals surface area contributed by atoms with Gasteiger partial charge >= 0.3 is 0 Å². The summed E-state index contributed by atoms with van der Waals surface area (Å²) in [5, 5.41) is 8.85. The monoisotopic (exact) mass is 340 g/mol. The van der Waals surface area contributed by atoms with Crippen molar-refractivity contribution in [1.29, 1.82) is 0 Å². The molecule has 23 heavy (non-hydrogen) atoms. The van der Waals surface area contributed by atoms with Crippen molar-refractivity contribution in [3.8, 4) is 0 Å². The van der Waals surface area contributed by atoms with Crippen LogP contribution < -0.4 is 10.6 Å². The summed E-state index contributed by atoms with van der Waals surface area (Å²) >= 11 is 1.82. The van der Waals surface area contributed by atoms with Crippen molar-refractivity contribution in [3.05, 3.63) is 22.4 Å². The second-order valence-corrected chi connectivity index (χ2v) is 6.86. The van der Waals surface area contributed by atoms with Gasteiger partial charge in [-0.1, -0.05) is 13.0 Å². The lowest BCUT2D eigenvalue weighted by Crippen LogP contribution is -2.41. The van der Waals surface area contributed by atoms with Crippen molar-refractivity contribution in [3.63, 3.8) is 0 Å². The van der Waals surface area contributed by atoms with Crippen molar-refractivity contribution >= 4 is 17.3 Å². The van der Waals surface area contributed by atoms with E-state index in [-0.39, 0.29) is 0 Å². The van der Waals surface area contributed by atoms with Gasteiger partial charge in [0.2, 0.25) is 0 Å². The van der Waals surface area contributed by atoms with Crippen LogP contribution in [0.15, 0.2) is 22.5 Å². The predicted octanol–water partition coefficient (Wildman–Crippen LogP) is 2.06. The zero-order valence-corrected chi connectivity index (χ0v) is 15.8. The molecule has 0 radical (unpaired) electrons. The lowest BCUT2D eigenvalue weighted by atomic mass is 10.1. The molecule has 0 aliphatic carbocycles. The number of hydrogen-bond acceptors (Lipinski definition) is 4. The summed E-state index contributed by atoms with van der Waals surface area (Å²) in [7, 11) is 3.84. The van der Waals surface area contributed by atoms with Gasteiger partial charge in [0.05, 0.1) is 6.61 Å². The van der Waals surface area contributed by atoms with Gasteiger partial charge in [-0.2, -0.15) is 0 Å². The Morgan fingerprint density at radius 1 is 1.39 bits per heavy atom. The smallest absolute Gasteiger partial charge is 0.191 e. The number of nitrogens with zero attached hydrogens (tertiary/aromatic N) is 2. The predicted molar refractivity (Wildman–Crippen MR) is 101 cm³/mol. The fourth-order valence-electron chi connectivity index (χ4n) is 2.15. The van der Waals surface area contributed by atoms with Crippen LogP contribution in [0.2, 0.25) is 0 Å². The summed E-state index contributed by atoms with van der Waals surface area (Å²) in [6, 6.07) is 4.31. The molecule has 0 fully saturated rings. The third-order valence-electron chi connectivity index (χ3n) is 3.50. The summed E-state index contributed by atoms with van der Waals surface area (Å²) in [6.45, 7) is 9.64. The van der Waals surface area contributed by atoms with Gasteiger partial charge in [0.25, 0.3) is 0 Å². The summed E-state index contributed by atoms with van der Waals surface area (Å²) in [4.78, 5) is 8.39. The van der Waals surface area contributed by atoms with E-state index in [0.717, 1.165) is 51.7 Å². The minimum Gasteiger partial charge on any atom is -0.383 e. The molecule has 1 rings (SSSR count). The fraction of sp³-hybridized carbons (Fsp3) is 0.706. The molecule has 0 aromatic carbocycles. The molecule has 1 heterocycles. The minimum absolute atomic E-state index is 0.550. The SMILES string of the molecule is CCNC(=NCC(C)Cc1cccs1)NCCN(C)CCOC. The molecule has 0 spiro atoms. The molecule has 1 aromatic rings. The molecule has 5 nitrogen and oxygen atoms in total. The molecule has 0 aliphatic rings. The third kappa shape index (κ3) is 9.58. The van der Waals surface area contributed by atoms with Gasteiger partial charge in [0.1, 0.15) is 0 Å². The van der Waals surface area contributed by atoms with E-state index in [1.807, 2.05) is 11.3 Å². The maximum atomic E-state index is 5.09. The van der Waals surface area contributed by atoms with Gasteiger partial charge < -0.3 is 20.3 Å². The molecule has 0 aliphatic heterocycles. The Morgan fingerprint density at radius 2 is 2.22 bits per heavy atom. The number of thiophene rings is 1. The molecular formula is C17H32N4OS. The zero-order valence-electron chi connectivity index (χ0n) is 15.0. The fourth-order valence-corrected chi connectivity index (χ4v) is 3.02. The Balaban J connectivity index is 2.31. The maximum Gasteiger partial charge on any atom is 0.191 e. The highest BCUT2D eigenvalue weighted by atomic mass is 32.1. The molecule has 1 aromatic heterocycles. The Kier molecular flexibility index (Phi) is 10.7. The van der Waals surface area contributed by atoms with Crippen LogP contribution in [0.3, 0.4) is 0 Å². The van der Waals surface area contributed by atoms with E-state index in [1.165, 1.54) is 4.88 Å². The Hall–Kier alpha value is -1.11. The first-order valence-corrected chi connectivity index (χ1v) is 9.25. The summed E-state index contributed by atoms with van der Waals surface area (Å²) in [5.74, 6) is 1.46. The van der Waals surface area contributed by atoms with E-state index in [4.69, 9.17) is 9.73 Å². The molecule has 1 atom stereocenters. The van der Waals surface area contributed by atoms with Crippen molar-refractivity contribution in [1.82, 2.24) is 15.5 Å². The van der Waals surface area contributed by atoms with Gasteiger partial charge in [0, 0.05) is 44.7 Å². The molecule has 0 saturated heterocycles. The number of nitrogens with one attached hydrogen (secondary N) is 2. The van der Waals surface area contributed by atoms with Crippen molar-refractivity contribution in [2.24, 2.45) is 10.9 Å². The Morgan fingerprint density at radius 3 is 2.87 bits per heavy atom. The normalized spacial score (nSPS) is 13.3. The van der Waals surface area contributed by atoms with E-state index in [1.54, 1.807) is 7.11 Å². The van der Waals surface area contributed by atoms with Crippen LogP contribution in [0.5, 0.6) is 0 Å². The van der Waals surface area contributed by atoms with Gasteiger partial charge in [0.15, 0.2) is 5.96 Å². The minimum atomic E-state index is 0.550. The van der Waals surface area contributed by atoms with Gasteiger partial charge in [-0.15, -0.1) is 11.3 Å². The molecule has 0 bridgehead atoms. The highest BCUT2D eigenvalue weighted by Crippen LogP contribution is 2.14. The van der Waals surface area contributed by atoms with Crippen LogP contribution in [-0.4, -0.2) is 64.3 Å². The van der Waals surface area contributed by atoms with Crippen LogP contribution in [0, 0.1) is 5.92 Å². The van der Waals surface area contributed by atoms with E-state index >= 15 is 0 Å². The van der Waals surface area contributed by atoms with Crippen molar-refractivity contribution in [2.75, 3.05) is 53.5 Å². The largest absolute Gasteiger partial charge is 0.383 e. The summed E-state index contributed by atoms with van der Waals surface area (Å²) in [6.07, 6.45) is 1.10. The lowest BCUT2D eigenvalue weighted by molar-refractivity contribution is 0.162. The third-order valence-corrected chi connectivity index (χ3v) is 4.40. The van der Waals surface area contributed by atoms with Crippen LogP contribution in [0.4, 0.5) is 0 Å². The lowest BCUT2D eigenvalue weighted by Gasteiger charge is -2.18. The second kappa shape index (κ2) is 12.3. The van der Waals surface area contributed by atoms with Crippen LogP contribution >= 0.6 is 11.3 Å². The van der Waals surface area contributed by atoms with E-state index < -0.39 is 0 Å². The quantitative estimate of drug-likeness (QED) is 0.478. The highest BCUT2D eigenvalue weighted by Gasteiger charge is 2.05. The summed E-state index contributed by atoms with van der Waals surface area (Å²) in [5.41, 5.74) is 0. The number of guanidine groups is 1. The number of rotatable bonds is 11. The summed E-state index contributed by atoms with van der Waals surface area (Å²) < 4.78 is 5.09. The number of hydrogen-bond donors (Lipinski definition) is 2. The molecule has 132 valence electrons. The topological polar surface area (TPSA) is 48.9 Å². The highest BCUT2D eigenvalue weighted by molar-refractivity contribution is 7.09. The Labute approximate surface area is 145 Å². The van der Waals surface area contributed by atoms with Crippen molar-refractivity contribution < 1.29 is 4.74 Å². The maximum absolute atomic E-state index is 5.09. The van der Waals surface area contributed by atoms with E-state index in [2.05, 4.69) is 53.9 Å². The first kappa shape index (κ1) is 19.9. The number of likely N-dealkylation sites (N-methyl/N-ethyl adjacent to an activating group) is 1. The van der Waals surface area contributed by atoms with Gasteiger partial charge in [-0.3, -0.25) is 4.99 Å². The average Bonchev–Trinajstić information content (AvgIpc) is 3.03. The molecule has 6 heteroatoms. The first-order chi connectivity index (χ1) is 11.2. The molecule has 2 N–H and O–H groups in total. The van der Waals surface area contributed by atoms with Gasteiger partial charge in [-0.25, -0.2) is 0 Å². The number of ether oxygens (including phenoxy) is 1. The van der Waals surface area contributed by atoms with Crippen LogP contribution in [-0.2, 0) is 11.2 Å². The van der Waals surface area contributed by atoms with Crippen LogP contribution in [0.25, 0.3) is 0 Å². The molecule has 1 unspecified atom stereocenters. The molecule has 0 amide bonds. The molecular weight excluding hydrogens is 308 g/mol. The van der Waals surface area contributed by atoms with E-state index in [0.29, 0.717) is 5.92 Å². The van der Waals surface area contributed by atoms with Crippen LogP contribution in [0.1, 0.15) is 18.7 Å². The standard InChI is InChI=1S/C17H32N4OS/c1-5-18-17(19-8-9-21(3)10-11-22-4)20-14-15(2)13-16-7-6-12-23-16/h6-7,12,15H,5,8-11,13-14H2,1-4H3,(H2,18,19,20).